The molecule has 4 rings (SSSR count). The molecule has 0 aliphatic carbocycles. The van der Waals surface area contributed by atoms with Crippen LogP contribution in [-0.2, 0) is 28.8 Å². The zero-order valence-corrected chi connectivity index (χ0v) is 23.1. The number of nitrogens with zero attached hydrogens (tertiary/aromatic N) is 3. The summed E-state index contributed by atoms with van der Waals surface area (Å²) in [7, 11) is 5.30. The van der Waals surface area contributed by atoms with Crippen LogP contribution in [0.3, 0.4) is 0 Å². The predicted octanol–water partition coefficient (Wildman–Crippen LogP) is 5.17. The van der Waals surface area contributed by atoms with Gasteiger partial charge >= 0.3 is 0 Å². The second-order valence-corrected chi connectivity index (χ2v) is 10.4. The molecule has 1 N–H and O–H groups in total. The molecule has 0 saturated carbocycles. The summed E-state index contributed by atoms with van der Waals surface area (Å²) < 4.78 is 22.5. The maximum atomic E-state index is 11.4. The molecule has 0 radical (unpaired) electrons. The van der Waals surface area contributed by atoms with Gasteiger partial charge in [-0.2, -0.15) is 5.26 Å². The third-order valence-corrected chi connectivity index (χ3v) is 7.89. The molecule has 202 valence electrons. The molecule has 3 heterocycles. The molecule has 3 aromatic rings. The van der Waals surface area contributed by atoms with Crippen molar-refractivity contribution in [2.75, 3.05) is 34.4 Å². The summed E-state index contributed by atoms with van der Waals surface area (Å²) in [5.74, 6) is 2.04. The molecule has 0 fully saturated rings. The van der Waals surface area contributed by atoms with E-state index < -0.39 is 11.0 Å². The van der Waals surface area contributed by atoms with Gasteiger partial charge in [0.25, 0.3) is 0 Å². The average molecular weight is 520 g/mol. The molecule has 0 amide bonds. The van der Waals surface area contributed by atoms with E-state index in [1.165, 1.54) is 0 Å². The number of nitriles is 1. The van der Waals surface area contributed by atoms with Crippen molar-refractivity contribution in [3.8, 4) is 23.3 Å². The van der Waals surface area contributed by atoms with Gasteiger partial charge in [-0.1, -0.05) is 19.9 Å². The average Bonchev–Trinajstić information content (AvgIpc) is 3.58. The lowest BCUT2D eigenvalue weighted by atomic mass is 9.71. The zero-order chi connectivity index (χ0) is 27.5. The van der Waals surface area contributed by atoms with Crippen molar-refractivity contribution in [2.45, 2.75) is 51.2 Å². The number of aromatic nitrogens is 1. The maximum absolute atomic E-state index is 11.4. The number of hydrogen-bond donors (Lipinski definition) is 1. The number of likely N-dealkylation sites (N-methyl/N-ethyl adjacent to an activating group) is 1. The Morgan fingerprint density at radius 3 is 2.61 bits per heavy atom. The van der Waals surface area contributed by atoms with Gasteiger partial charge in [0.1, 0.15) is 22.6 Å². The Bertz CT molecular complexity index is 1300. The van der Waals surface area contributed by atoms with Crippen LogP contribution in [0.2, 0.25) is 0 Å². The van der Waals surface area contributed by atoms with Crippen LogP contribution in [0.5, 0.6) is 17.2 Å². The largest absolute Gasteiger partial charge is 0.506 e. The number of methoxy groups -OCH3 is 2. The second-order valence-electron chi connectivity index (χ2n) is 10.4. The Morgan fingerprint density at radius 1 is 1.21 bits per heavy atom. The van der Waals surface area contributed by atoms with Gasteiger partial charge < -0.3 is 28.6 Å². The molecule has 2 atom stereocenters. The Balaban J connectivity index is 1.52. The molecule has 1 aromatic carbocycles. The molecule has 1 aliphatic heterocycles. The monoisotopic (exact) mass is 519 g/mol. The number of benzene rings is 1. The summed E-state index contributed by atoms with van der Waals surface area (Å²) >= 11 is 0. The molecule has 8 nitrogen and oxygen atoms in total. The highest BCUT2D eigenvalue weighted by atomic mass is 16.5. The first-order valence-corrected chi connectivity index (χ1v) is 12.9. The van der Waals surface area contributed by atoms with Crippen molar-refractivity contribution in [1.29, 1.82) is 5.26 Å². The van der Waals surface area contributed by atoms with E-state index >= 15 is 0 Å². The first kappa shape index (κ1) is 27.5. The van der Waals surface area contributed by atoms with Crippen molar-refractivity contribution in [2.24, 2.45) is 5.92 Å². The first-order valence-electron chi connectivity index (χ1n) is 12.9. The Hall–Kier alpha value is -3.54. The van der Waals surface area contributed by atoms with Crippen LogP contribution >= 0.6 is 0 Å². The summed E-state index contributed by atoms with van der Waals surface area (Å²) in [6.45, 7) is 7.60. The zero-order valence-electron chi connectivity index (χ0n) is 23.1. The van der Waals surface area contributed by atoms with Crippen molar-refractivity contribution in [1.82, 2.24) is 9.88 Å². The second kappa shape index (κ2) is 11.1. The van der Waals surface area contributed by atoms with Crippen LogP contribution in [0, 0.1) is 17.2 Å². The van der Waals surface area contributed by atoms with E-state index in [4.69, 9.17) is 18.6 Å². The van der Waals surface area contributed by atoms with Gasteiger partial charge in [-0.3, -0.25) is 4.98 Å². The molecule has 38 heavy (non-hydrogen) atoms. The summed E-state index contributed by atoms with van der Waals surface area (Å²) in [4.78, 5) is 6.89. The van der Waals surface area contributed by atoms with Gasteiger partial charge in [0, 0.05) is 23.9 Å². The van der Waals surface area contributed by atoms with E-state index in [9.17, 15) is 10.4 Å². The van der Waals surface area contributed by atoms with Gasteiger partial charge in [-0.05, 0) is 69.1 Å². The van der Waals surface area contributed by atoms with Crippen molar-refractivity contribution < 1.29 is 23.7 Å². The third kappa shape index (κ3) is 4.84. The van der Waals surface area contributed by atoms with E-state index in [0.717, 1.165) is 24.1 Å². The number of ether oxygens (including phenoxy) is 3. The highest BCUT2D eigenvalue weighted by Gasteiger charge is 2.46. The highest BCUT2D eigenvalue weighted by molar-refractivity contribution is 5.52. The molecule has 2 unspecified atom stereocenters. The minimum absolute atomic E-state index is 0.0426. The topological polar surface area (TPSA) is 101 Å². The lowest BCUT2D eigenvalue weighted by Crippen LogP contribution is -2.37. The highest BCUT2D eigenvalue weighted by Crippen LogP contribution is 2.48. The standard InChI is InChI=1S/C30H37N3O5/c1-20(2)30(19-31,12-14-33(4)13-11-21-9-10-24(35-5)25(16-21)36-6)28-27(34)22-18-38-29(3,23(22)17-32-28)26-8-7-15-37-26/h7-10,15-17,20,34H,11-14,18H2,1-6H3. The normalized spacial score (nSPS) is 18.3. The summed E-state index contributed by atoms with van der Waals surface area (Å²) in [6.07, 6.45) is 4.68. The Kier molecular flexibility index (Phi) is 8.00. The SMILES string of the molecule is COc1ccc(CCN(C)CCC(C#N)(c2ncc3c(c2O)COC3(C)c2ccco2)C(C)C)cc1OC. The van der Waals surface area contributed by atoms with Crippen LogP contribution in [0.1, 0.15) is 55.3 Å². The van der Waals surface area contributed by atoms with Crippen molar-refractivity contribution in [3.05, 3.63) is 70.9 Å². The van der Waals surface area contributed by atoms with E-state index in [-0.39, 0.29) is 18.3 Å². The fourth-order valence-electron chi connectivity index (χ4n) is 5.22. The van der Waals surface area contributed by atoms with Crippen LogP contribution in [0.4, 0.5) is 0 Å². The molecular formula is C30H37N3O5. The molecule has 2 aromatic heterocycles. The molecule has 8 heteroatoms. The number of aromatic hydroxyl groups is 1. The van der Waals surface area contributed by atoms with Crippen molar-refractivity contribution in [3.63, 3.8) is 0 Å². The fourth-order valence-corrected chi connectivity index (χ4v) is 5.22. The Morgan fingerprint density at radius 2 is 1.97 bits per heavy atom. The minimum Gasteiger partial charge on any atom is -0.506 e. The van der Waals surface area contributed by atoms with E-state index in [0.29, 0.717) is 41.5 Å². The van der Waals surface area contributed by atoms with Crippen LogP contribution in [0.15, 0.2) is 47.2 Å². The van der Waals surface area contributed by atoms with Crippen LogP contribution < -0.4 is 9.47 Å². The summed E-state index contributed by atoms with van der Waals surface area (Å²) in [5, 5.41) is 21.9. The lowest BCUT2D eigenvalue weighted by Gasteiger charge is -2.33. The van der Waals surface area contributed by atoms with Crippen LogP contribution in [-0.4, -0.2) is 49.3 Å². The number of furan rings is 1. The number of rotatable bonds is 11. The third-order valence-electron chi connectivity index (χ3n) is 7.89. The Labute approximate surface area is 224 Å². The van der Waals surface area contributed by atoms with Gasteiger partial charge in [0.15, 0.2) is 17.1 Å². The first-order chi connectivity index (χ1) is 18.2. The van der Waals surface area contributed by atoms with E-state index in [1.807, 2.05) is 58.2 Å². The molecule has 1 aliphatic rings. The summed E-state index contributed by atoms with van der Waals surface area (Å²) in [6, 6.07) is 12.1. The number of fused-ring (bicyclic) bond motifs is 1. The van der Waals surface area contributed by atoms with E-state index in [2.05, 4.69) is 16.0 Å². The number of pyridine rings is 1. The fraction of sp³-hybridized carbons (Fsp3) is 0.467. The van der Waals surface area contributed by atoms with Crippen LogP contribution in [0.25, 0.3) is 0 Å². The number of hydrogen-bond acceptors (Lipinski definition) is 8. The molecule has 0 bridgehead atoms. The lowest BCUT2D eigenvalue weighted by molar-refractivity contribution is -0.00622. The van der Waals surface area contributed by atoms with Gasteiger partial charge in [-0.15, -0.1) is 0 Å². The summed E-state index contributed by atoms with van der Waals surface area (Å²) in [5.41, 5.74) is 1.18. The van der Waals surface area contributed by atoms with Gasteiger partial charge in [-0.25, -0.2) is 0 Å². The smallest absolute Gasteiger partial charge is 0.160 e. The molecule has 0 saturated heterocycles. The molecule has 0 spiro atoms. The van der Waals surface area contributed by atoms with E-state index in [1.54, 1.807) is 26.7 Å². The quantitative estimate of drug-likeness (QED) is 0.370. The van der Waals surface area contributed by atoms with Crippen molar-refractivity contribution >= 4 is 0 Å². The van der Waals surface area contributed by atoms with Gasteiger partial charge in [0.05, 0.1) is 33.2 Å². The predicted molar refractivity (Wildman–Crippen MR) is 143 cm³/mol. The minimum atomic E-state index is -0.958. The maximum Gasteiger partial charge on any atom is 0.160 e. The molecular weight excluding hydrogens is 482 g/mol. The van der Waals surface area contributed by atoms with Gasteiger partial charge in [0.2, 0.25) is 0 Å².